The molecule has 0 spiro atoms. The van der Waals surface area contributed by atoms with Gasteiger partial charge in [0.2, 0.25) is 0 Å². The van der Waals surface area contributed by atoms with Gasteiger partial charge in [0.15, 0.2) is 0 Å². The lowest BCUT2D eigenvalue weighted by Gasteiger charge is -2.28. The van der Waals surface area contributed by atoms with Crippen molar-refractivity contribution in [1.29, 1.82) is 0 Å². The lowest BCUT2D eigenvalue weighted by atomic mass is 9.93. The largest absolute Gasteiger partial charge is 0.379 e. The summed E-state index contributed by atoms with van der Waals surface area (Å²) >= 11 is 0. The Balaban J connectivity index is 2.97. The molecule has 96 valence electrons. The molecule has 1 unspecified atom stereocenters. The van der Waals surface area contributed by atoms with Crippen molar-refractivity contribution in [3.63, 3.8) is 0 Å². The molecule has 0 aliphatic carbocycles. The van der Waals surface area contributed by atoms with Crippen molar-refractivity contribution in [3.8, 4) is 0 Å². The van der Waals surface area contributed by atoms with Crippen molar-refractivity contribution >= 4 is 0 Å². The number of hydrogen-bond donors (Lipinski definition) is 1. The van der Waals surface area contributed by atoms with Crippen molar-refractivity contribution in [3.05, 3.63) is 35.4 Å². The minimum Gasteiger partial charge on any atom is -0.379 e. The average molecular weight is 243 g/mol. The minimum absolute atomic E-state index is 0.277. The number of benzene rings is 1. The molecule has 1 rings (SSSR count). The van der Waals surface area contributed by atoms with Crippen LogP contribution in [0.3, 0.4) is 0 Å². The fourth-order valence-electron chi connectivity index (χ4n) is 1.72. The topological polar surface area (TPSA) is 21.3 Å². The fraction of sp³-hybridized carbons (Fsp3) is 0.538. The summed E-state index contributed by atoms with van der Waals surface area (Å²) in [5.74, 6) is -0.838. The summed E-state index contributed by atoms with van der Waals surface area (Å²) in [4.78, 5) is 0. The van der Waals surface area contributed by atoms with Crippen molar-refractivity contribution in [2.45, 2.75) is 31.9 Å². The van der Waals surface area contributed by atoms with Crippen molar-refractivity contribution in [1.82, 2.24) is 5.32 Å². The molecule has 0 fully saturated rings. The molecule has 0 saturated heterocycles. The van der Waals surface area contributed by atoms with Crippen LogP contribution in [0, 0.1) is 11.6 Å². The molecule has 4 heteroatoms. The summed E-state index contributed by atoms with van der Waals surface area (Å²) in [6, 6.07) is 3.21. The summed E-state index contributed by atoms with van der Waals surface area (Å²) in [5, 5.41) is 2.99. The summed E-state index contributed by atoms with van der Waals surface area (Å²) < 4.78 is 32.1. The summed E-state index contributed by atoms with van der Waals surface area (Å²) in [6.45, 7) is 3.82. The maximum Gasteiger partial charge on any atom is 0.128 e. The van der Waals surface area contributed by atoms with Gasteiger partial charge in [0, 0.05) is 18.7 Å². The fourth-order valence-corrected chi connectivity index (χ4v) is 1.72. The molecule has 17 heavy (non-hydrogen) atoms. The van der Waals surface area contributed by atoms with Crippen LogP contribution < -0.4 is 5.32 Å². The van der Waals surface area contributed by atoms with Crippen LogP contribution in [-0.4, -0.2) is 19.8 Å². The number of methoxy groups -OCH3 is 1. The predicted molar refractivity (Wildman–Crippen MR) is 63.9 cm³/mol. The second kappa shape index (κ2) is 5.56. The summed E-state index contributed by atoms with van der Waals surface area (Å²) in [6.07, 6.45) is 0.556. The molecule has 1 N–H and O–H groups in total. The van der Waals surface area contributed by atoms with Crippen LogP contribution in [0.15, 0.2) is 18.2 Å². The number of ether oxygens (including phenoxy) is 1. The second-order valence-corrected chi connectivity index (χ2v) is 4.68. The van der Waals surface area contributed by atoms with E-state index < -0.39 is 17.2 Å². The van der Waals surface area contributed by atoms with E-state index in [1.54, 1.807) is 14.2 Å². The van der Waals surface area contributed by atoms with Gasteiger partial charge >= 0.3 is 0 Å². The van der Waals surface area contributed by atoms with Crippen LogP contribution in [0.25, 0.3) is 0 Å². The van der Waals surface area contributed by atoms with Crippen LogP contribution in [0.4, 0.5) is 8.78 Å². The normalized spacial score (nSPS) is 13.8. The molecule has 0 aliphatic heterocycles. The highest BCUT2D eigenvalue weighted by Gasteiger charge is 2.25. The first-order chi connectivity index (χ1) is 7.89. The van der Waals surface area contributed by atoms with E-state index in [-0.39, 0.29) is 6.04 Å². The molecule has 0 bridgehead atoms. The van der Waals surface area contributed by atoms with E-state index in [2.05, 4.69) is 5.32 Å². The number of hydrogen-bond acceptors (Lipinski definition) is 2. The Morgan fingerprint density at radius 2 is 2.00 bits per heavy atom. The zero-order chi connectivity index (χ0) is 13.1. The number of halogens is 2. The Bertz CT molecular complexity index is 380. The van der Waals surface area contributed by atoms with Gasteiger partial charge in [-0.3, -0.25) is 0 Å². The van der Waals surface area contributed by atoms with Gasteiger partial charge in [-0.1, -0.05) is 0 Å². The Hall–Kier alpha value is -1.00. The van der Waals surface area contributed by atoms with E-state index in [1.807, 2.05) is 13.8 Å². The lowest BCUT2D eigenvalue weighted by molar-refractivity contribution is 0.00716. The average Bonchev–Trinajstić information content (AvgIpc) is 2.29. The molecular formula is C13H19F2NO. The maximum absolute atomic E-state index is 13.6. The molecule has 1 aromatic rings. The molecule has 0 radical (unpaired) electrons. The zero-order valence-corrected chi connectivity index (χ0v) is 10.7. The van der Waals surface area contributed by atoms with Crippen LogP contribution in [-0.2, 0) is 4.74 Å². The Morgan fingerprint density at radius 3 is 2.53 bits per heavy atom. The maximum atomic E-state index is 13.6. The van der Waals surface area contributed by atoms with Gasteiger partial charge in [0.25, 0.3) is 0 Å². The second-order valence-electron chi connectivity index (χ2n) is 4.68. The van der Waals surface area contributed by atoms with Gasteiger partial charge in [0.1, 0.15) is 11.6 Å². The molecule has 0 aliphatic rings. The lowest BCUT2D eigenvalue weighted by Crippen LogP contribution is -2.31. The third kappa shape index (κ3) is 3.75. The first-order valence-corrected chi connectivity index (χ1v) is 5.57. The molecular weight excluding hydrogens is 224 g/mol. The van der Waals surface area contributed by atoms with Crippen molar-refractivity contribution < 1.29 is 13.5 Å². The molecule has 2 nitrogen and oxygen atoms in total. The quantitative estimate of drug-likeness (QED) is 0.858. The van der Waals surface area contributed by atoms with E-state index in [0.717, 1.165) is 12.1 Å². The SMILES string of the molecule is CNC(CC(C)(C)OC)c1cc(F)ccc1F. The Labute approximate surface area is 101 Å². The number of nitrogens with one attached hydrogen (secondary N) is 1. The van der Waals surface area contributed by atoms with E-state index in [1.165, 1.54) is 6.07 Å². The third-order valence-corrected chi connectivity index (χ3v) is 2.93. The zero-order valence-electron chi connectivity index (χ0n) is 10.7. The molecule has 0 aromatic heterocycles. The highest BCUT2D eigenvalue weighted by molar-refractivity contribution is 5.22. The molecule has 0 heterocycles. The highest BCUT2D eigenvalue weighted by atomic mass is 19.1. The van der Waals surface area contributed by atoms with Crippen LogP contribution in [0.5, 0.6) is 0 Å². The Morgan fingerprint density at radius 1 is 1.35 bits per heavy atom. The molecule has 0 amide bonds. The van der Waals surface area contributed by atoms with Gasteiger partial charge in [-0.25, -0.2) is 8.78 Å². The first kappa shape index (κ1) is 14.1. The molecule has 1 atom stereocenters. The third-order valence-electron chi connectivity index (χ3n) is 2.93. The summed E-state index contributed by atoms with van der Waals surface area (Å²) in [7, 11) is 3.33. The van der Waals surface area contributed by atoms with Crippen molar-refractivity contribution in [2.24, 2.45) is 0 Å². The first-order valence-electron chi connectivity index (χ1n) is 5.57. The Kier molecular flexibility index (Phi) is 4.60. The smallest absolute Gasteiger partial charge is 0.128 e. The van der Waals surface area contributed by atoms with Gasteiger partial charge in [-0.15, -0.1) is 0 Å². The molecule has 1 aromatic carbocycles. The van der Waals surface area contributed by atoms with E-state index in [4.69, 9.17) is 4.74 Å². The van der Waals surface area contributed by atoms with Gasteiger partial charge in [0.05, 0.1) is 5.60 Å². The highest BCUT2D eigenvalue weighted by Crippen LogP contribution is 2.27. The van der Waals surface area contributed by atoms with E-state index >= 15 is 0 Å². The van der Waals surface area contributed by atoms with E-state index in [9.17, 15) is 8.78 Å². The number of rotatable bonds is 5. The van der Waals surface area contributed by atoms with Gasteiger partial charge in [-0.05, 0) is 45.5 Å². The standard InChI is InChI=1S/C13H19F2NO/c1-13(2,17-4)8-12(16-3)10-7-9(14)5-6-11(10)15/h5-7,12,16H,8H2,1-4H3. The monoisotopic (exact) mass is 243 g/mol. The minimum atomic E-state index is -0.433. The van der Waals surface area contributed by atoms with Gasteiger partial charge in [-0.2, -0.15) is 0 Å². The van der Waals surface area contributed by atoms with Crippen LogP contribution in [0.1, 0.15) is 31.9 Å². The van der Waals surface area contributed by atoms with Gasteiger partial charge < -0.3 is 10.1 Å². The summed E-state index contributed by atoms with van der Waals surface area (Å²) in [5.41, 5.74) is -0.0653. The van der Waals surface area contributed by atoms with E-state index in [0.29, 0.717) is 12.0 Å². The molecule has 0 saturated carbocycles. The van der Waals surface area contributed by atoms with Crippen LogP contribution in [0.2, 0.25) is 0 Å². The predicted octanol–water partition coefficient (Wildman–Crippen LogP) is 3.04. The van der Waals surface area contributed by atoms with Crippen molar-refractivity contribution in [2.75, 3.05) is 14.2 Å². The van der Waals surface area contributed by atoms with Crippen LogP contribution >= 0.6 is 0 Å².